The van der Waals surface area contributed by atoms with E-state index in [1.165, 1.54) is 30.7 Å². The molecule has 2 aliphatic rings. The Morgan fingerprint density at radius 2 is 1.45 bits per heavy atom. The quantitative estimate of drug-likeness (QED) is 0.540. The van der Waals surface area contributed by atoms with Gasteiger partial charge in [0.1, 0.15) is 0 Å². The molecule has 1 saturated heterocycles. The zero-order valence-electron chi connectivity index (χ0n) is 17.3. The van der Waals surface area contributed by atoms with Crippen LogP contribution in [-0.2, 0) is 20.0 Å². The van der Waals surface area contributed by atoms with Crippen molar-refractivity contribution in [3.05, 3.63) is 24.3 Å². The summed E-state index contributed by atoms with van der Waals surface area (Å²) in [7, 11) is -7.21. The third kappa shape index (κ3) is 6.75. The first-order chi connectivity index (χ1) is 13.7. The molecule has 1 heterocycles. The van der Waals surface area contributed by atoms with Crippen LogP contribution >= 0.6 is 0 Å². The van der Waals surface area contributed by atoms with Gasteiger partial charge in [0.05, 0.1) is 9.79 Å². The molecule has 9 heteroatoms. The van der Waals surface area contributed by atoms with Gasteiger partial charge in [-0.3, -0.25) is 0 Å². The van der Waals surface area contributed by atoms with E-state index in [0.29, 0.717) is 6.54 Å². The van der Waals surface area contributed by atoms with Crippen LogP contribution in [0, 0.1) is 11.8 Å². The van der Waals surface area contributed by atoms with Gasteiger partial charge in [0.25, 0.3) is 0 Å². The monoisotopic (exact) mass is 443 g/mol. The first kappa shape index (κ1) is 22.7. The van der Waals surface area contributed by atoms with E-state index in [4.69, 9.17) is 0 Å². The highest BCUT2D eigenvalue weighted by Crippen LogP contribution is 2.23. The lowest BCUT2D eigenvalue weighted by Gasteiger charge is -2.34. The highest BCUT2D eigenvalue weighted by atomic mass is 32.2. The minimum Gasteiger partial charge on any atom is -0.303 e. The largest absolute Gasteiger partial charge is 0.303 e. The molecule has 1 aromatic carbocycles. The summed E-state index contributed by atoms with van der Waals surface area (Å²) in [6.07, 6.45) is 4.71. The van der Waals surface area contributed by atoms with Crippen molar-refractivity contribution in [1.82, 2.24) is 14.3 Å². The average Bonchev–Trinajstić information content (AvgIpc) is 3.44. The molecule has 29 heavy (non-hydrogen) atoms. The second-order valence-electron chi connectivity index (χ2n) is 8.68. The standard InChI is InChI=1S/C20H33N3O4S2/c1-16-13-17(2)15-23(14-16)12-4-3-11-21-28(24,25)19-7-9-20(10-8-19)29(26,27)22-18-5-6-18/h7-10,16-18,21-22H,3-6,11-15H2,1-2H3. The van der Waals surface area contributed by atoms with Crippen molar-refractivity contribution >= 4 is 20.0 Å². The van der Waals surface area contributed by atoms with Gasteiger partial charge in [-0.2, -0.15) is 0 Å². The zero-order chi connectivity index (χ0) is 21.1. The Bertz CT molecular complexity index is 871. The summed E-state index contributed by atoms with van der Waals surface area (Å²) in [5, 5.41) is 0. The molecule has 2 N–H and O–H groups in total. The Morgan fingerprint density at radius 1 is 0.897 bits per heavy atom. The predicted octanol–water partition coefficient (Wildman–Crippen LogP) is 2.16. The molecule has 1 saturated carbocycles. The SMILES string of the molecule is CC1CC(C)CN(CCCCNS(=O)(=O)c2ccc(S(=O)(=O)NC3CC3)cc2)C1. The maximum absolute atomic E-state index is 12.4. The highest BCUT2D eigenvalue weighted by molar-refractivity contribution is 7.90. The van der Waals surface area contributed by atoms with Gasteiger partial charge >= 0.3 is 0 Å². The molecule has 2 atom stereocenters. The van der Waals surface area contributed by atoms with Crippen molar-refractivity contribution in [2.75, 3.05) is 26.2 Å². The normalized spacial score (nSPS) is 23.9. The average molecular weight is 444 g/mol. The lowest BCUT2D eigenvalue weighted by atomic mass is 9.92. The molecule has 2 fully saturated rings. The predicted molar refractivity (Wildman–Crippen MR) is 114 cm³/mol. The third-order valence-electron chi connectivity index (χ3n) is 5.48. The number of nitrogens with zero attached hydrogens (tertiary/aromatic N) is 1. The molecular formula is C20H33N3O4S2. The molecule has 164 valence electrons. The maximum Gasteiger partial charge on any atom is 0.240 e. The van der Waals surface area contributed by atoms with Gasteiger partial charge in [-0.1, -0.05) is 13.8 Å². The van der Waals surface area contributed by atoms with E-state index in [9.17, 15) is 16.8 Å². The van der Waals surface area contributed by atoms with Crippen LogP contribution in [0.3, 0.4) is 0 Å². The van der Waals surface area contributed by atoms with Crippen LogP contribution in [0.15, 0.2) is 34.1 Å². The Labute approximate surface area is 175 Å². The van der Waals surface area contributed by atoms with E-state index >= 15 is 0 Å². The van der Waals surface area contributed by atoms with Crippen LogP contribution in [0.25, 0.3) is 0 Å². The van der Waals surface area contributed by atoms with Crippen molar-refractivity contribution in [3.63, 3.8) is 0 Å². The van der Waals surface area contributed by atoms with Crippen LogP contribution in [0.4, 0.5) is 0 Å². The van der Waals surface area contributed by atoms with E-state index in [1.54, 1.807) is 0 Å². The summed E-state index contributed by atoms with van der Waals surface area (Å²) in [5.74, 6) is 1.45. The third-order valence-corrected chi connectivity index (χ3v) is 8.49. The first-order valence-corrected chi connectivity index (χ1v) is 13.5. The first-order valence-electron chi connectivity index (χ1n) is 10.5. The number of nitrogens with one attached hydrogen (secondary N) is 2. The molecule has 3 rings (SSSR count). The summed E-state index contributed by atoms with van der Waals surface area (Å²) >= 11 is 0. The van der Waals surface area contributed by atoms with Crippen molar-refractivity contribution in [1.29, 1.82) is 0 Å². The second-order valence-corrected chi connectivity index (χ2v) is 12.2. The van der Waals surface area contributed by atoms with E-state index in [0.717, 1.165) is 57.2 Å². The zero-order valence-corrected chi connectivity index (χ0v) is 18.9. The number of unbranched alkanes of at least 4 members (excludes halogenated alkanes) is 1. The summed E-state index contributed by atoms with van der Waals surface area (Å²) in [4.78, 5) is 2.65. The Balaban J connectivity index is 1.44. The van der Waals surface area contributed by atoms with Gasteiger partial charge in [-0.05, 0) is 74.8 Å². The van der Waals surface area contributed by atoms with Gasteiger partial charge in [0.15, 0.2) is 0 Å². The fourth-order valence-electron chi connectivity index (χ4n) is 4.01. The minimum atomic E-state index is -3.63. The molecule has 0 radical (unpaired) electrons. The van der Waals surface area contributed by atoms with Crippen molar-refractivity contribution in [3.8, 4) is 0 Å². The summed E-state index contributed by atoms with van der Waals surface area (Å²) < 4.78 is 54.5. The van der Waals surface area contributed by atoms with Crippen LogP contribution in [0.1, 0.15) is 46.0 Å². The summed E-state index contributed by atoms with van der Waals surface area (Å²) in [5.41, 5.74) is 0. The molecule has 1 aromatic rings. The molecule has 1 aliphatic carbocycles. The van der Waals surface area contributed by atoms with Crippen molar-refractivity contribution in [2.24, 2.45) is 11.8 Å². The Hall–Kier alpha value is -1.00. The van der Waals surface area contributed by atoms with E-state index in [-0.39, 0.29) is 15.8 Å². The molecule has 0 amide bonds. The molecule has 0 spiro atoms. The Kier molecular flexibility index (Phi) is 7.37. The lowest BCUT2D eigenvalue weighted by molar-refractivity contribution is 0.139. The summed E-state index contributed by atoms with van der Waals surface area (Å²) in [6.45, 7) is 8.20. The Morgan fingerprint density at radius 3 is 2.00 bits per heavy atom. The van der Waals surface area contributed by atoms with Gasteiger partial charge < -0.3 is 4.90 Å². The fraction of sp³-hybridized carbons (Fsp3) is 0.700. The molecule has 0 bridgehead atoms. The molecule has 7 nitrogen and oxygen atoms in total. The number of sulfonamides is 2. The summed E-state index contributed by atoms with van der Waals surface area (Å²) in [6, 6.07) is 5.40. The van der Waals surface area contributed by atoms with Crippen LogP contribution in [0.5, 0.6) is 0 Å². The number of hydrogen-bond acceptors (Lipinski definition) is 5. The number of rotatable bonds is 10. The maximum atomic E-state index is 12.4. The number of piperidine rings is 1. The lowest BCUT2D eigenvalue weighted by Crippen LogP contribution is -2.39. The van der Waals surface area contributed by atoms with Crippen LogP contribution in [-0.4, -0.2) is 54.0 Å². The highest BCUT2D eigenvalue weighted by Gasteiger charge is 2.28. The van der Waals surface area contributed by atoms with Gasteiger partial charge in [-0.15, -0.1) is 0 Å². The molecule has 1 aliphatic heterocycles. The topological polar surface area (TPSA) is 95.6 Å². The van der Waals surface area contributed by atoms with E-state index in [2.05, 4.69) is 28.2 Å². The van der Waals surface area contributed by atoms with Gasteiger partial charge in [-0.25, -0.2) is 26.3 Å². The molecule has 2 unspecified atom stereocenters. The van der Waals surface area contributed by atoms with Gasteiger partial charge in [0.2, 0.25) is 20.0 Å². The molecule has 0 aromatic heterocycles. The van der Waals surface area contributed by atoms with Crippen molar-refractivity contribution < 1.29 is 16.8 Å². The second kappa shape index (κ2) is 9.43. The van der Waals surface area contributed by atoms with E-state index in [1.807, 2.05) is 0 Å². The van der Waals surface area contributed by atoms with Crippen LogP contribution in [0.2, 0.25) is 0 Å². The van der Waals surface area contributed by atoms with Crippen LogP contribution < -0.4 is 9.44 Å². The number of likely N-dealkylation sites (tertiary alicyclic amines) is 1. The number of benzene rings is 1. The van der Waals surface area contributed by atoms with Gasteiger partial charge in [0, 0.05) is 25.7 Å². The van der Waals surface area contributed by atoms with E-state index < -0.39 is 20.0 Å². The minimum absolute atomic E-state index is 0.0152. The fourth-order valence-corrected chi connectivity index (χ4v) is 6.39. The van der Waals surface area contributed by atoms with Crippen molar-refractivity contribution in [2.45, 2.75) is 61.8 Å². The smallest absolute Gasteiger partial charge is 0.240 e. The number of hydrogen-bond donors (Lipinski definition) is 2. The molecular weight excluding hydrogens is 410 g/mol.